The van der Waals surface area contributed by atoms with E-state index in [1.54, 1.807) is 28.8 Å². The van der Waals surface area contributed by atoms with Crippen LogP contribution < -0.4 is 10.1 Å². The van der Waals surface area contributed by atoms with Crippen molar-refractivity contribution in [3.63, 3.8) is 0 Å². The highest BCUT2D eigenvalue weighted by Crippen LogP contribution is 2.42. The molecule has 1 amide bonds. The maximum Gasteiger partial charge on any atom is 0.226 e. The number of benzene rings is 1. The lowest BCUT2D eigenvalue weighted by atomic mass is 9.87. The van der Waals surface area contributed by atoms with Crippen molar-refractivity contribution in [3.05, 3.63) is 35.1 Å². The summed E-state index contributed by atoms with van der Waals surface area (Å²) in [5.41, 5.74) is 2.86. The minimum Gasteiger partial charge on any atom is -0.489 e. The number of hydrogen-bond acceptors (Lipinski definition) is 9. The van der Waals surface area contributed by atoms with Gasteiger partial charge in [-0.25, -0.2) is 9.97 Å². The number of nitrogens with zero attached hydrogens (tertiary/aromatic N) is 4. The van der Waals surface area contributed by atoms with Crippen molar-refractivity contribution in [2.45, 2.75) is 39.2 Å². The van der Waals surface area contributed by atoms with Gasteiger partial charge in [0.25, 0.3) is 0 Å². The van der Waals surface area contributed by atoms with Gasteiger partial charge in [0.05, 0.1) is 42.1 Å². The molecule has 0 saturated carbocycles. The molecule has 1 atom stereocenters. The molecule has 0 fully saturated rings. The van der Waals surface area contributed by atoms with Crippen LogP contribution in [0.1, 0.15) is 30.7 Å². The SMILES string of the molecule is CC(C)Oc1cc2[nH]ncc2cc1Nc1ncnc2sc3c(c12)CCC(C(=O)N(CCO)CCO)C3. The second-order valence-electron chi connectivity index (χ2n) is 9.22. The van der Waals surface area contributed by atoms with Crippen molar-refractivity contribution in [2.24, 2.45) is 5.92 Å². The number of carbonyl (C=O) groups is 1. The summed E-state index contributed by atoms with van der Waals surface area (Å²) in [5, 5.41) is 31.2. The van der Waals surface area contributed by atoms with Gasteiger partial charge >= 0.3 is 0 Å². The van der Waals surface area contributed by atoms with Crippen LogP contribution in [0.5, 0.6) is 5.75 Å². The van der Waals surface area contributed by atoms with Crippen LogP contribution in [0.4, 0.5) is 11.5 Å². The number of aliphatic hydroxyl groups is 2. The summed E-state index contributed by atoms with van der Waals surface area (Å²) in [7, 11) is 0. The van der Waals surface area contributed by atoms with Crippen LogP contribution in [0.3, 0.4) is 0 Å². The molecule has 11 heteroatoms. The van der Waals surface area contributed by atoms with Crippen molar-refractivity contribution >= 4 is 49.9 Å². The van der Waals surface area contributed by atoms with Gasteiger partial charge in [0.1, 0.15) is 22.7 Å². The Labute approximate surface area is 212 Å². The van der Waals surface area contributed by atoms with Crippen LogP contribution in [-0.2, 0) is 17.6 Å². The van der Waals surface area contributed by atoms with Crippen LogP contribution >= 0.6 is 11.3 Å². The van der Waals surface area contributed by atoms with Gasteiger partial charge in [-0.05, 0) is 44.7 Å². The molecule has 1 aliphatic rings. The maximum absolute atomic E-state index is 13.1. The molecular formula is C25H30N6O4S. The second-order valence-corrected chi connectivity index (χ2v) is 10.3. The summed E-state index contributed by atoms with van der Waals surface area (Å²) in [5.74, 6) is 1.22. The number of H-pyrrole nitrogens is 1. The minimum absolute atomic E-state index is 0.00375. The molecule has 0 saturated heterocycles. The highest BCUT2D eigenvalue weighted by molar-refractivity contribution is 7.19. The number of aryl methyl sites for hydroxylation is 1. The zero-order chi connectivity index (χ0) is 25.2. The summed E-state index contributed by atoms with van der Waals surface area (Å²) >= 11 is 1.60. The summed E-state index contributed by atoms with van der Waals surface area (Å²) in [6.07, 6.45) is 5.37. The lowest BCUT2D eigenvalue weighted by molar-refractivity contribution is -0.136. The fourth-order valence-electron chi connectivity index (χ4n) is 4.80. The normalized spacial score (nSPS) is 15.4. The van der Waals surface area contributed by atoms with E-state index in [4.69, 9.17) is 4.74 Å². The Morgan fingerprint density at radius 3 is 2.83 bits per heavy atom. The van der Waals surface area contributed by atoms with Gasteiger partial charge in [-0.15, -0.1) is 11.3 Å². The first-order chi connectivity index (χ1) is 17.5. The molecule has 36 heavy (non-hydrogen) atoms. The van der Waals surface area contributed by atoms with Gasteiger partial charge in [0, 0.05) is 35.3 Å². The summed E-state index contributed by atoms with van der Waals surface area (Å²) in [4.78, 5) is 25.7. The van der Waals surface area contributed by atoms with Crippen LogP contribution in [0.25, 0.3) is 21.1 Å². The smallest absolute Gasteiger partial charge is 0.226 e. The largest absolute Gasteiger partial charge is 0.489 e. The highest BCUT2D eigenvalue weighted by Gasteiger charge is 2.31. The van der Waals surface area contributed by atoms with Gasteiger partial charge in [-0.3, -0.25) is 9.89 Å². The van der Waals surface area contributed by atoms with E-state index in [2.05, 4.69) is 25.5 Å². The monoisotopic (exact) mass is 510 g/mol. The zero-order valence-electron chi connectivity index (χ0n) is 20.3. The molecule has 0 aliphatic heterocycles. The van der Waals surface area contributed by atoms with Crippen molar-refractivity contribution in [1.82, 2.24) is 25.1 Å². The lowest BCUT2D eigenvalue weighted by Gasteiger charge is -2.28. The molecular weight excluding hydrogens is 480 g/mol. The summed E-state index contributed by atoms with van der Waals surface area (Å²) in [6.45, 7) is 4.19. The number of hydrogen-bond donors (Lipinski definition) is 4. The number of thiophene rings is 1. The predicted molar refractivity (Wildman–Crippen MR) is 139 cm³/mol. The zero-order valence-corrected chi connectivity index (χ0v) is 21.1. The molecule has 5 rings (SSSR count). The standard InChI is InChI=1S/C25H30N6O4S/c1-14(2)35-20-11-18-16(12-28-30-18)9-19(20)29-23-22-17-4-3-15(25(34)31(5-7-32)6-8-33)10-21(17)36-24(22)27-13-26-23/h9,11-15,32-33H,3-8,10H2,1-2H3,(H,28,30)(H,26,27,29). The molecule has 10 nitrogen and oxygen atoms in total. The molecule has 0 bridgehead atoms. The van der Waals surface area contributed by atoms with E-state index in [1.807, 2.05) is 26.0 Å². The van der Waals surface area contributed by atoms with Gasteiger partial charge in [-0.1, -0.05) is 0 Å². The molecule has 0 spiro atoms. The first-order valence-electron chi connectivity index (χ1n) is 12.1. The number of aliphatic hydroxyl groups excluding tert-OH is 2. The molecule has 1 unspecified atom stereocenters. The molecule has 1 aromatic carbocycles. The Morgan fingerprint density at radius 1 is 1.28 bits per heavy atom. The van der Waals surface area contributed by atoms with Crippen LogP contribution in [0.15, 0.2) is 24.7 Å². The van der Waals surface area contributed by atoms with Crippen molar-refractivity contribution < 1.29 is 19.7 Å². The third kappa shape index (κ3) is 4.73. The number of amides is 1. The molecule has 1 aliphatic carbocycles. The Bertz CT molecular complexity index is 1380. The number of fused-ring (bicyclic) bond motifs is 4. The number of rotatable bonds is 9. The number of anilines is 2. The van der Waals surface area contributed by atoms with E-state index in [0.717, 1.165) is 38.1 Å². The molecule has 3 heterocycles. The fraction of sp³-hybridized carbons (Fsp3) is 0.440. The van der Waals surface area contributed by atoms with Crippen LogP contribution in [-0.4, -0.2) is 73.6 Å². The highest BCUT2D eigenvalue weighted by atomic mass is 32.1. The number of ether oxygens (including phenoxy) is 1. The first kappa shape index (κ1) is 24.4. The van der Waals surface area contributed by atoms with Gasteiger partial charge in [0.2, 0.25) is 5.91 Å². The van der Waals surface area contributed by atoms with Crippen molar-refractivity contribution in [2.75, 3.05) is 31.6 Å². The summed E-state index contributed by atoms with van der Waals surface area (Å²) in [6, 6.07) is 3.93. The van der Waals surface area contributed by atoms with E-state index in [1.165, 1.54) is 5.56 Å². The quantitative estimate of drug-likeness (QED) is 0.270. The average Bonchev–Trinajstić information content (AvgIpc) is 3.47. The van der Waals surface area contributed by atoms with E-state index in [-0.39, 0.29) is 44.2 Å². The Morgan fingerprint density at radius 2 is 2.08 bits per heavy atom. The van der Waals surface area contributed by atoms with Gasteiger partial charge in [0.15, 0.2) is 0 Å². The molecule has 4 N–H and O–H groups in total. The van der Waals surface area contributed by atoms with Crippen LogP contribution in [0, 0.1) is 5.92 Å². The Kier molecular flexibility index (Phi) is 7.04. The third-order valence-corrected chi connectivity index (χ3v) is 7.56. The first-order valence-corrected chi connectivity index (χ1v) is 13.0. The van der Waals surface area contributed by atoms with Crippen molar-refractivity contribution in [1.29, 1.82) is 0 Å². The molecule has 4 aromatic rings. The number of nitrogens with one attached hydrogen (secondary N) is 2. The molecule has 3 aromatic heterocycles. The fourth-order valence-corrected chi connectivity index (χ4v) is 6.06. The predicted octanol–water partition coefficient (Wildman–Crippen LogP) is 3.02. The van der Waals surface area contributed by atoms with Crippen LogP contribution in [0.2, 0.25) is 0 Å². The second kappa shape index (κ2) is 10.4. The number of carbonyl (C=O) groups excluding carboxylic acids is 1. The molecule has 0 radical (unpaired) electrons. The number of aromatic amines is 1. The van der Waals surface area contributed by atoms with E-state index in [9.17, 15) is 15.0 Å². The van der Waals surface area contributed by atoms with Crippen molar-refractivity contribution in [3.8, 4) is 5.75 Å². The maximum atomic E-state index is 13.1. The minimum atomic E-state index is -0.178. The Balaban J connectivity index is 1.47. The summed E-state index contributed by atoms with van der Waals surface area (Å²) < 4.78 is 6.07. The van der Waals surface area contributed by atoms with Gasteiger partial charge in [-0.2, -0.15) is 5.10 Å². The average molecular weight is 511 g/mol. The molecule has 190 valence electrons. The topological polar surface area (TPSA) is 136 Å². The van der Waals surface area contributed by atoms with E-state index >= 15 is 0 Å². The Hall–Kier alpha value is -3.28. The van der Waals surface area contributed by atoms with E-state index in [0.29, 0.717) is 24.4 Å². The third-order valence-electron chi connectivity index (χ3n) is 6.40. The van der Waals surface area contributed by atoms with Gasteiger partial charge < -0.3 is 25.2 Å². The lowest BCUT2D eigenvalue weighted by Crippen LogP contribution is -2.41. The number of aromatic nitrogens is 4. The van der Waals surface area contributed by atoms with E-state index < -0.39 is 0 Å².